The van der Waals surface area contributed by atoms with Crippen molar-refractivity contribution in [1.29, 1.82) is 0 Å². The molecule has 0 spiro atoms. The van der Waals surface area contributed by atoms with Gasteiger partial charge in [-0.15, -0.1) is 0 Å². The Morgan fingerprint density at radius 1 is 0.926 bits per heavy atom. The second-order valence-electron chi connectivity index (χ2n) is 5.23. The molecule has 0 unspecified atom stereocenters. The first-order valence-electron chi connectivity index (χ1n) is 7.88. The molecule has 0 aliphatic carbocycles. The van der Waals surface area contributed by atoms with Gasteiger partial charge in [0.2, 0.25) is 0 Å². The molecule has 9 heteroatoms. The fourth-order valence-corrected chi connectivity index (χ4v) is 2.58. The van der Waals surface area contributed by atoms with Crippen molar-refractivity contribution in [2.75, 3.05) is 26.9 Å². The molecule has 2 aromatic carbocycles. The van der Waals surface area contributed by atoms with E-state index in [4.69, 9.17) is 14.2 Å². The number of methoxy groups -OCH3 is 1. The highest BCUT2D eigenvalue weighted by Crippen LogP contribution is 2.23. The van der Waals surface area contributed by atoms with Crippen molar-refractivity contribution in [3.63, 3.8) is 0 Å². The fourth-order valence-electron chi connectivity index (χ4n) is 1.95. The summed E-state index contributed by atoms with van der Waals surface area (Å²) in [5.74, 6) is -0.0857. The number of hydrogen-bond acceptors (Lipinski definition) is 5. The molecule has 0 aliphatic heterocycles. The standard InChI is InChI=1S/C18H18Br2N2O5/c1-25-8-9-26-16-7-4-13(20)10-15(16)18(24)22-21-17(23)11-27-14-5-2-12(19)3-6-14/h2-7,10H,8-9,11H2,1H3,(H,21,23)(H,22,24). The number of halogens is 2. The van der Waals surface area contributed by atoms with Crippen molar-refractivity contribution in [2.45, 2.75) is 0 Å². The van der Waals surface area contributed by atoms with E-state index in [9.17, 15) is 9.59 Å². The predicted molar refractivity (Wildman–Crippen MR) is 107 cm³/mol. The van der Waals surface area contributed by atoms with Crippen LogP contribution in [0.1, 0.15) is 10.4 Å². The van der Waals surface area contributed by atoms with Crippen LogP contribution < -0.4 is 20.3 Å². The summed E-state index contributed by atoms with van der Waals surface area (Å²) < 4.78 is 17.4. The first-order valence-corrected chi connectivity index (χ1v) is 9.47. The quantitative estimate of drug-likeness (QED) is 0.429. The molecular weight excluding hydrogens is 484 g/mol. The lowest BCUT2D eigenvalue weighted by molar-refractivity contribution is -0.123. The van der Waals surface area contributed by atoms with E-state index in [1.165, 1.54) is 0 Å². The summed E-state index contributed by atoms with van der Waals surface area (Å²) in [4.78, 5) is 24.2. The molecule has 2 N–H and O–H groups in total. The predicted octanol–water partition coefficient (Wildman–Crippen LogP) is 3.08. The third kappa shape index (κ3) is 7.20. The number of hydrazine groups is 1. The van der Waals surface area contributed by atoms with Gasteiger partial charge in [-0.2, -0.15) is 0 Å². The van der Waals surface area contributed by atoms with Crippen LogP contribution in [0.25, 0.3) is 0 Å². The van der Waals surface area contributed by atoms with Gasteiger partial charge in [0, 0.05) is 16.1 Å². The van der Waals surface area contributed by atoms with E-state index in [1.807, 2.05) is 0 Å². The highest BCUT2D eigenvalue weighted by molar-refractivity contribution is 9.10. The van der Waals surface area contributed by atoms with Crippen LogP contribution in [-0.4, -0.2) is 38.7 Å². The number of benzene rings is 2. The Labute approximate surface area is 173 Å². The Kier molecular flexibility index (Phi) is 8.56. The zero-order valence-corrected chi connectivity index (χ0v) is 17.6. The summed E-state index contributed by atoms with van der Waals surface area (Å²) in [6, 6.07) is 12.1. The van der Waals surface area contributed by atoms with Crippen LogP contribution in [0, 0.1) is 0 Å². The van der Waals surface area contributed by atoms with Crippen LogP contribution in [0.15, 0.2) is 51.4 Å². The molecule has 7 nitrogen and oxygen atoms in total. The minimum absolute atomic E-state index is 0.238. The lowest BCUT2D eigenvalue weighted by Crippen LogP contribution is -2.44. The largest absolute Gasteiger partial charge is 0.490 e. The maximum atomic E-state index is 12.4. The molecule has 2 rings (SSSR count). The van der Waals surface area contributed by atoms with E-state index < -0.39 is 11.8 Å². The Morgan fingerprint density at radius 3 is 2.33 bits per heavy atom. The smallest absolute Gasteiger partial charge is 0.276 e. The summed E-state index contributed by atoms with van der Waals surface area (Å²) in [5.41, 5.74) is 4.93. The second kappa shape index (κ2) is 10.9. The number of carbonyl (C=O) groups is 2. The van der Waals surface area contributed by atoms with Crippen LogP contribution in [-0.2, 0) is 9.53 Å². The summed E-state index contributed by atoms with van der Waals surface area (Å²) >= 11 is 6.63. The number of nitrogens with one attached hydrogen (secondary N) is 2. The Bertz CT molecular complexity index is 784. The van der Waals surface area contributed by atoms with Gasteiger partial charge in [0.25, 0.3) is 11.8 Å². The summed E-state index contributed by atoms with van der Waals surface area (Å²) in [6.45, 7) is 0.449. The molecule has 0 saturated carbocycles. The molecule has 0 saturated heterocycles. The van der Waals surface area contributed by atoms with E-state index >= 15 is 0 Å². The maximum absolute atomic E-state index is 12.4. The van der Waals surface area contributed by atoms with Gasteiger partial charge in [0.05, 0.1) is 12.2 Å². The average Bonchev–Trinajstić information content (AvgIpc) is 2.67. The lowest BCUT2D eigenvalue weighted by atomic mass is 10.2. The van der Waals surface area contributed by atoms with Crippen molar-refractivity contribution in [3.05, 3.63) is 57.0 Å². The van der Waals surface area contributed by atoms with Crippen molar-refractivity contribution in [2.24, 2.45) is 0 Å². The molecule has 27 heavy (non-hydrogen) atoms. The molecule has 0 radical (unpaired) electrons. The van der Waals surface area contributed by atoms with Gasteiger partial charge < -0.3 is 14.2 Å². The van der Waals surface area contributed by atoms with Crippen molar-refractivity contribution in [1.82, 2.24) is 10.9 Å². The second-order valence-corrected chi connectivity index (χ2v) is 7.06. The van der Waals surface area contributed by atoms with Crippen LogP contribution in [0.4, 0.5) is 0 Å². The molecule has 0 heterocycles. The Hall–Kier alpha value is -2.10. The summed E-state index contributed by atoms with van der Waals surface area (Å²) in [6.07, 6.45) is 0. The number of amides is 2. The minimum atomic E-state index is -0.513. The Morgan fingerprint density at radius 2 is 1.63 bits per heavy atom. The van der Waals surface area contributed by atoms with Crippen molar-refractivity contribution < 1.29 is 23.8 Å². The van der Waals surface area contributed by atoms with Gasteiger partial charge in [-0.25, -0.2) is 0 Å². The van der Waals surface area contributed by atoms with Crippen LogP contribution >= 0.6 is 31.9 Å². The molecule has 2 aromatic rings. The zero-order chi connectivity index (χ0) is 19.6. The number of carbonyl (C=O) groups excluding carboxylic acids is 2. The Balaban J connectivity index is 1.87. The monoisotopic (exact) mass is 500 g/mol. The molecule has 144 valence electrons. The molecular formula is C18H18Br2N2O5. The SMILES string of the molecule is COCCOc1ccc(Br)cc1C(=O)NNC(=O)COc1ccc(Br)cc1. The van der Waals surface area contributed by atoms with Crippen LogP contribution in [0.3, 0.4) is 0 Å². The molecule has 0 aliphatic rings. The normalized spacial score (nSPS) is 10.2. The van der Waals surface area contributed by atoms with Gasteiger partial charge in [-0.3, -0.25) is 20.4 Å². The van der Waals surface area contributed by atoms with Crippen LogP contribution in [0.5, 0.6) is 11.5 Å². The molecule has 0 aromatic heterocycles. The summed E-state index contributed by atoms with van der Waals surface area (Å²) in [5, 5.41) is 0. The lowest BCUT2D eigenvalue weighted by Gasteiger charge is -2.13. The van der Waals surface area contributed by atoms with E-state index in [0.29, 0.717) is 29.2 Å². The topological polar surface area (TPSA) is 85.9 Å². The van der Waals surface area contributed by atoms with E-state index in [0.717, 1.165) is 4.47 Å². The minimum Gasteiger partial charge on any atom is -0.490 e. The number of rotatable bonds is 8. The third-order valence-corrected chi connectivity index (χ3v) is 4.25. The number of hydrogen-bond donors (Lipinski definition) is 2. The average molecular weight is 502 g/mol. The van der Waals surface area contributed by atoms with Gasteiger partial charge in [0.15, 0.2) is 6.61 Å². The van der Waals surface area contributed by atoms with Gasteiger partial charge in [0.1, 0.15) is 18.1 Å². The zero-order valence-electron chi connectivity index (χ0n) is 14.5. The fraction of sp³-hybridized carbons (Fsp3) is 0.222. The molecule has 0 fully saturated rings. The highest BCUT2D eigenvalue weighted by atomic mass is 79.9. The van der Waals surface area contributed by atoms with Gasteiger partial charge >= 0.3 is 0 Å². The van der Waals surface area contributed by atoms with Gasteiger partial charge in [-0.1, -0.05) is 31.9 Å². The highest BCUT2D eigenvalue weighted by Gasteiger charge is 2.14. The molecule has 2 amide bonds. The van der Waals surface area contributed by atoms with E-state index in [1.54, 1.807) is 49.6 Å². The third-order valence-electron chi connectivity index (χ3n) is 3.23. The van der Waals surface area contributed by atoms with Gasteiger partial charge in [-0.05, 0) is 42.5 Å². The van der Waals surface area contributed by atoms with Crippen LogP contribution in [0.2, 0.25) is 0 Å². The van der Waals surface area contributed by atoms with E-state index in [2.05, 4.69) is 42.7 Å². The first kappa shape index (κ1) is 21.2. The molecule has 0 bridgehead atoms. The maximum Gasteiger partial charge on any atom is 0.276 e. The van der Waals surface area contributed by atoms with Crippen molar-refractivity contribution in [3.8, 4) is 11.5 Å². The van der Waals surface area contributed by atoms with Crippen molar-refractivity contribution >= 4 is 43.7 Å². The van der Waals surface area contributed by atoms with E-state index in [-0.39, 0.29) is 12.2 Å². The molecule has 0 atom stereocenters. The number of ether oxygens (including phenoxy) is 3. The summed E-state index contributed by atoms with van der Waals surface area (Å²) in [7, 11) is 1.56. The first-order chi connectivity index (χ1) is 13.0.